The summed E-state index contributed by atoms with van der Waals surface area (Å²) in [6, 6.07) is 7.95. The maximum atomic E-state index is 5.55. The first kappa shape index (κ1) is 11.5. The first-order valence-electron chi connectivity index (χ1n) is 5.72. The van der Waals surface area contributed by atoms with E-state index in [1.165, 1.54) is 0 Å². The Bertz CT molecular complexity index is 479. The first-order chi connectivity index (χ1) is 8.31. The molecule has 0 saturated carbocycles. The monoisotopic (exact) mass is 231 g/mol. The Hall–Kier alpha value is -1.97. The minimum Gasteiger partial charge on any atom is -0.492 e. The van der Waals surface area contributed by atoms with Gasteiger partial charge in [-0.3, -0.25) is 0 Å². The molecule has 0 bridgehead atoms. The molecule has 4 nitrogen and oxygen atoms in total. The number of aryl methyl sites for hydroxylation is 1. The minimum absolute atomic E-state index is 0.671. The van der Waals surface area contributed by atoms with Crippen molar-refractivity contribution in [1.82, 2.24) is 9.55 Å². The van der Waals surface area contributed by atoms with Crippen LogP contribution in [0.15, 0.2) is 36.8 Å². The highest BCUT2D eigenvalue weighted by molar-refractivity contribution is 5.56. The van der Waals surface area contributed by atoms with E-state index >= 15 is 0 Å². The topological polar surface area (TPSA) is 39.1 Å². The maximum Gasteiger partial charge on any atom is 0.142 e. The number of rotatable bonds is 5. The molecular formula is C13H17N3O. The zero-order valence-corrected chi connectivity index (χ0v) is 10.2. The minimum atomic E-state index is 0.671. The summed E-state index contributed by atoms with van der Waals surface area (Å²) in [5.74, 6) is 0.886. The van der Waals surface area contributed by atoms with E-state index in [1.807, 2.05) is 49.0 Å². The first-order valence-corrected chi connectivity index (χ1v) is 5.72. The van der Waals surface area contributed by atoms with Gasteiger partial charge in [0.05, 0.1) is 30.9 Å². The highest BCUT2D eigenvalue weighted by Gasteiger charge is 2.03. The lowest BCUT2D eigenvalue weighted by atomic mass is 10.3. The van der Waals surface area contributed by atoms with E-state index in [2.05, 4.69) is 10.3 Å². The standard InChI is InChI=1S/C13H17N3O/c1-3-17-13-7-5-4-6-12(13)15-9-11-8-14-10-16(11)2/h4-8,10,15H,3,9H2,1-2H3. The van der Waals surface area contributed by atoms with Gasteiger partial charge < -0.3 is 14.6 Å². The molecule has 1 aromatic carbocycles. The molecule has 0 amide bonds. The van der Waals surface area contributed by atoms with Crippen LogP contribution in [0.25, 0.3) is 0 Å². The number of benzene rings is 1. The van der Waals surface area contributed by atoms with Crippen molar-refractivity contribution in [2.75, 3.05) is 11.9 Å². The van der Waals surface area contributed by atoms with Crippen LogP contribution < -0.4 is 10.1 Å². The number of nitrogens with one attached hydrogen (secondary N) is 1. The zero-order chi connectivity index (χ0) is 12.1. The van der Waals surface area contributed by atoms with Gasteiger partial charge in [0, 0.05) is 13.2 Å². The van der Waals surface area contributed by atoms with Gasteiger partial charge in [0.1, 0.15) is 5.75 Å². The number of hydrogen-bond donors (Lipinski definition) is 1. The van der Waals surface area contributed by atoms with Crippen molar-refractivity contribution in [2.24, 2.45) is 7.05 Å². The Morgan fingerprint density at radius 2 is 2.18 bits per heavy atom. The third-order valence-corrected chi connectivity index (χ3v) is 2.56. The van der Waals surface area contributed by atoms with Gasteiger partial charge >= 0.3 is 0 Å². The fraction of sp³-hybridized carbons (Fsp3) is 0.308. The van der Waals surface area contributed by atoms with E-state index < -0.39 is 0 Å². The van der Waals surface area contributed by atoms with E-state index in [0.29, 0.717) is 6.61 Å². The Morgan fingerprint density at radius 3 is 2.88 bits per heavy atom. The van der Waals surface area contributed by atoms with Crippen molar-refractivity contribution in [3.8, 4) is 5.75 Å². The van der Waals surface area contributed by atoms with Crippen LogP contribution in [0.1, 0.15) is 12.6 Å². The van der Waals surface area contributed by atoms with Crippen molar-refractivity contribution >= 4 is 5.69 Å². The van der Waals surface area contributed by atoms with Gasteiger partial charge in [-0.2, -0.15) is 0 Å². The van der Waals surface area contributed by atoms with Crippen molar-refractivity contribution in [1.29, 1.82) is 0 Å². The number of anilines is 1. The predicted octanol–water partition coefficient (Wildman–Crippen LogP) is 2.43. The number of imidazole rings is 1. The number of nitrogens with zero attached hydrogens (tertiary/aromatic N) is 2. The van der Waals surface area contributed by atoms with Gasteiger partial charge in [-0.25, -0.2) is 4.98 Å². The molecule has 0 spiro atoms. The molecule has 0 aliphatic heterocycles. The molecule has 90 valence electrons. The van der Waals surface area contributed by atoms with Crippen molar-refractivity contribution in [2.45, 2.75) is 13.5 Å². The molecule has 0 aliphatic carbocycles. The highest BCUT2D eigenvalue weighted by Crippen LogP contribution is 2.24. The van der Waals surface area contributed by atoms with Crippen LogP contribution in [0.5, 0.6) is 5.75 Å². The number of ether oxygens (including phenoxy) is 1. The summed E-state index contributed by atoms with van der Waals surface area (Å²) < 4.78 is 7.55. The Balaban J connectivity index is 2.06. The van der Waals surface area contributed by atoms with Gasteiger partial charge in [-0.1, -0.05) is 12.1 Å². The normalized spacial score (nSPS) is 10.2. The predicted molar refractivity (Wildman–Crippen MR) is 68.1 cm³/mol. The fourth-order valence-electron chi connectivity index (χ4n) is 1.63. The molecule has 0 fully saturated rings. The van der Waals surface area contributed by atoms with Crippen LogP contribution >= 0.6 is 0 Å². The molecule has 0 saturated heterocycles. The molecule has 2 aromatic rings. The molecular weight excluding hydrogens is 214 g/mol. The third kappa shape index (κ3) is 2.78. The Morgan fingerprint density at radius 1 is 1.35 bits per heavy atom. The van der Waals surface area contributed by atoms with Crippen LogP contribution in [0.2, 0.25) is 0 Å². The van der Waals surface area contributed by atoms with Crippen LogP contribution in [-0.4, -0.2) is 16.2 Å². The van der Waals surface area contributed by atoms with Crippen molar-refractivity contribution in [3.05, 3.63) is 42.5 Å². The quantitative estimate of drug-likeness (QED) is 0.859. The Labute approximate surface area is 101 Å². The van der Waals surface area contributed by atoms with Crippen molar-refractivity contribution < 1.29 is 4.74 Å². The molecule has 1 aromatic heterocycles. The van der Waals surface area contributed by atoms with E-state index in [-0.39, 0.29) is 0 Å². The molecule has 1 N–H and O–H groups in total. The lowest BCUT2D eigenvalue weighted by Gasteiger charge is -2.12. The summed E-state index contributed by atoms with van der Waals surface area (Å²) in [5, 5.41) is 3.36. The molecule has 17 heavy (non-hydrogen) atoms. The smallest absolute Gasteiger partial charge is 0.142 e. The van der Waals surface area contributed by atoms with Gasteiger partial charge in [-0.05, 0) is 19.1 Å². The van der Waals surface area contributed by atoms with E-state index in [9.17, 15) is 0 Å². The van der Waals surface area contributed by atoms with Gasteiger partial charge in [0.2, 0.25) is 0 Å². The van der Waals surface area contributed by atoms with E-state index in [4.69, 9.17) is 4.74 Å². The summed E-state index contributed by atoms with van der Waals surface area (Å²) in [7, 11) is 1.98. The largest absolute Gasteiger partial charge is 0.492 e. The second kappa shape index (κ2) is 5.39. The Kier molecular flexibility index (Phi) is 3.65. The maximum absolute atomic E-state index is 5.55. The molecule has 1 heterocycles. The SMILES string of the molecule is CCOc1ccccc1NCc1cncn1C. The third-order valence-electron chi connectivity index (χ3n) is 2.56. The summed E-state index contributed by atoms with van der Waals surface area (Å²) in [5.41, 5.74) is 2.15. The summed E-state index contributed by atoms with van der Waals surface area (Å²) in [4.78, 5) is 4.08. The van der Waals surface area contributed by atoms with Crippen LogP contribution in [0, 0.1) is 0 Å². The molecule has 0 aliphatic rings. The second-order valence-electron chi connectivity index (χ2n) is 3.78. The molecule has 4 heteroatoms. The molecule has 0 radical (unpaired) electrons. The summed E-state index contributed by atoms with van der Waals surface area (Å²) in [6.45, 7) is 3.39. The van der Waals surface area contributed by atoms with E-state index in [1.54, 1.807) is 6.33 Å². The second-order valence-corrected chi connectivity index (χ2v) is 3.78. The highest BCUT2D eigenvalue weighted by atomic mass is 16.5. The lowest BCUT2D eigenvalue weighted by Crippen LogP contribution is -2.05. The van der Waals surface area contributed by atoms with Crippen LogP contribution in [0.4, 0.5) is 5.69 Å². The average molecular weight is 231 g/mol. The lowest BCUT2D eigenvalue weighted by molar-refractivity contribution is 0.341. The average Bonchev–Trinajstić information content (AvgIpc) is 2.74. The van der Waals surface area contributed by atoms with Crippen LogP contribution in [0.3, 0.4) is 0 Å². The molecule has 0 atom stereocenters. The number of hydrogen-bond acceptors (Lipinski definition) is 3. The fourth-order valence-corrected chi connectivity index (χ4v) is 1.63. The number of para-hydroxylation sites is 2. The summed E-state index contributed by atoms with van der Waals surface area (Å²) >= 11 is 0. The van der Waals surface area contributed by atoms with Gasteiger partial charge in [-0.15, -0.1) is 0 Å². The van der Waals surface area contributed by atoms with Gasteiger partial charge in [0.15, 0.2) is 0 Å². The zero-order valence-electron chi connectivity index (χ0n) is 10.2. The summed E-state index contributed by atoms with van der Waals surface area (Å²) in [6.07, 6.45) is 3.65. The molecule has 0 unspecified atom stereocenters. The van der Waals surface area contributed by atoms with Gasteiger partial charge in [0.25, 0.3) is 0 Å². The van der Waals surface area contributed by atoms with Crippen molar-refractivity contribution in [3.63, 3.8) is 0 Å². The van der Waals surface area contributed by atoms with E-state index in [0.717, 1.165) is 23.7 Å². The van der Waals surface area contributed by atoms with Crippen LogP contribution in [-0.2, 0) is 13.6 Å². The molecule has 2 rings (SSSR count). The number of aromatic nitrogens is 2.